The molecule has 0 spiro atoms. The highest BCUT2D eigenvalue weighted by Gasteiger charge is 2.10. The van der Waals surface area contributed by atoms with Gasteiger partial charge in [-0.1, -0.05) is 48.5 Å². The second-order valence-electron chi connectivity index (χ2n) is 7.93. The first kappa shape index (κ1) is 21.2. The van der Waals surface area contributed by atoms with Crippen LogP contribution in [0.3, 0.4) is 0 Å². The maximum absolute atomic E-state index is 13.0. The first-order chi connectivity index (χ1) is 16.7. The summed E-state index contributed by atoms with van der Waals surface area (Å²) in [5, 5.41) is 7.42. The van der Waals surface area contributed by atoms with Crippen molar-refractivity contribution in [2.24, 2.45) is 0 Å². The van der Waals surface area contributed by atoms with Gasteiger partial charge >= 0.3 is 0 Å². The van der Waals surface area contributed by atoms with E-state index in [0.29, 0.717) is 17.0 Å². The number of carbonyl (C=O) groups excluding carboxylic acids is 1. The van der Waals surface area contributed by atoms with E-state index in [4.69, 9.17) is 4.74 Å². The number of ether oxygens (including phenoxy) is 1. The molecular weight excluding hydrogens is 422 g/mol. The van der Waals surface area contributed by atoms with Gasteiger partial charge in [0, 0.05) is 40.3 Å². The third-order valence-electron chi connectivity index (χ3n) is 5.45. The smallest absolute Gasteiger partial charge is 0.255 e. The average molecular weight is 446 g/mol. The van der Waals surface area contributed by atoms with Crippen LogP contribution in [0.5, 0.6) is 11.5 Å². The summed E-state index contributed by atoms with van der Waals surface area (Å²) in [6, 6.07) is 32.3. The Labute approximate surface area is 198 Å². The summed E-state index contributed by atoms with van der Waals surface area (Å²) in [4.78, 5) is 17.5. The Balaban J connectivity index is 1.33. The highest BCUT2D eigenvalue weighted by atomic mass is 16.5. The number of aromatic nitrogens is 1. The van der Waals surface area contributed by atoms with Gasteiger partial charge in [-0.15, -0.1) is 0 Å². The van der Waals surface area contributed by atoms with Crippen LogP contribution < -0.4 is 15.4 Å². The van der Waals surface area contributed by atoms with Crippen molar-refractivity contribution < 1.29 is 9.53 Å². The van der Waals surface area contributed by atoms with Crippen LogP contribution >= 0.6 is 0 Å². The van der Waals surface area contributed by atoms with Crippen LogP contribution in [-0.4, -0.2) is 10.9 Å². The number of hydrogen-bond donors (Lipinski definition) is 2. The maximum Gasteiger partial charge on any atom is 0.255 e. The highest BCUT2D eigenvalue weighted by molar-refractivity contribution is 6.05. The van der Waals surface area contributed by atoms with Gasteiger partial charge in [-0.3, -0.25) is 9.78 Å². The van der Waals surface area contributed by atoms with E-state index in [9.17, 15) is 4.79 Å². The monoisotopic (exact) mass is 445 g/mol. The number of fused-ring (bicyclic) bond motifs is 1. The number of pyridine rings is 1. The lowest BCUT2D eigenvalue weighted by molar-refractivity contribution is 0.102. The SMILES string of the molecule is Cc1cccc2c(Nc3cccc(C(=O)Nc4cccc(Oc5ccccc5)c4)c3)ccnc12. The fraction of sp³-hybridized carbons (Fsp3) is 0.0345. The number of nitrogens with one attached hydrogen (secondary N) is 2. The zero-order valence-corrected chi connectivity index (χ0v) is 18.7. The Bertz CT molecular complexity index is 1470. The molecule has 1 heterocycles. The van der Waals surface area contributed by atoms with Gasteiger partial charge in [0.05, 0.1) is 5.52 Å². The van der Waals surface area contributed by atoms with Crippen molar-refractivity contribution in [1.82, 2.24) is 4.98 Å². The van der Waals surface area contributed by atoms with Gasteiger partial charge in [-0.2, -0.15) is 0 Å². The molecule has 0 unspecified atom stereocenters. The highest BCUT2D eigenvalue weighted by Crippen LogP contribution is 2.28. The topological polar surface area (TPSA) is 63.2 Å². The maximum atomic E-state index is 13.0. The molecule has 0 radical (unpaired) electrons. The Morgan fingerprint density at radius 1 is 0.765 bits per heavy atom. The summed E-state index contributed by atoms with van der Waals surface area (Å²) in [6.45, 7) is 2.05. The fourth-order valence-electron chi connectivity index (χ4n) is 3.79. The van der Waals surface area contributed by atoms with Crippen molar-refractivity contribution in [3.05, 3.63) is 120 Å². The minimum Gasteiger partial charge on any atom is -0.457 e. The van der Waals surface area contributed by atoms with Crippen molar-refractivity contribution in [2.75, 3.05) is 10.6 Å². The molecule has 4 aromatic carbocycles. The summed E-state index contributed by atoms with van der Waals surface area (Å²) in [5.74, 6) is 1.19. The molecular formula is C29H23N3O2. The molecule has 0 saturated heterocycles. The molecule has 0 fully saturated rings. The predicted octanol–water partition coefficient (Wildman–Crippen LogP) is 7.33. The summed E-state index contributed by atoms with van der Waals surface area (Å²) in [5.41, 5.74) is 5.05. The lowest BCUT2D eigenvalue weighted by Crippen LogP contribution is -2.12. The number of rotatable bonds is 6. The second-order valence-corrected chi connectivity index (χ2v) is 7.93. The van der Waals surface area contributed by atoms with Crippen molar-refractivity contribution in [1.29, 1.82) is 0 Å². The quantitative estimate of drug-likeness (QED) is 0.287. The van der Waals surface area contributed by atoms with Gasteiger partial charge in [0.15, 0.2) is 0 Å². The summed E-state index contributed by atoms with van der Waals surface area (Å²) < 4.78 is 5.87. The van der Waals surface area contributed by atoms with E-state index in [1.54, 1.807) is 18.3 Å². The van der Waals surface area contributed by atoms with E-state index in [1.165, 1.54) is 0 Å². The zero-order chi connectivity index (χ0) is 23.3. The van der Waals surface area contributed by atoms with Gasteiger partial charge in [0.2, 0.25) is 0 Å². The number of anilines is 3. The molecule has 1 amide bonds. The number of hydrogen-bond acceptors (Lipinski definition) is 4. The van der Waals surface area contributed by atoms with Crippen molar-refractivity contribution in [3.8, 4) is 11.5 Å². The van der Waals surface area contributed by atoms with E-state index in [1.807, 2.05) is 97.9 Å². The number of aryl methyl sites for hydroxylation is 1. The summed E-state index contributed by atoms with van der Waals surface area (Å²) in [6.07, 6.45) is 1.79. The van der Waals surface area contributed by atoms with Crippen LogP contribution in [0.25, 0.3) is 10.9 Å². The molecule has 0 saturated carbocycles. The molecule has 5 aromatic rings. The average Bonchev–Trinajstić information content (AvgIpc) is 2.86. The van der Waals surface area contributed by atoms with E-state index < -0.39 is 0 Å². The van der Waals surface area contributed by atoms with Gasteiger partial charge < -0.3 is 15.4 Å². The van der Waals surface area contributed by atoms with Crippen LogP contribution in [0.4, 0.5) is 17.1 Å². The van der Waals surface area contributed by atoms with E-state index in [0.717, 1.165) is 33.6 Å². The lowest BCUT2D eigenvalue weighted by atomic mass is 10.1. The molecule has 34 heavy (non-hydrogen) atoms. The van der Waals surface area contributed by atoms with Crippen LogP contribution in [0, 0.1) is 6.92 Å². The summed E-state index contributed by atoms with van der Waals surface area (Å²) in [7, 11) is 0. The van der Waals surface area contributed by atoms with Crippen LogP contribution in [0.2, 0.25) is 0 Å². The minimum absolute atomic E-state index is 0.198. The standard InChI is InChI=1S/C29H23N3O2/c1-20-8-5-15-26-27(16-17-30-28(20)26)31-22-10-6-9-21(18-22)29(33)32-23-11-7-14-25(19-23)34-24-12-3-2-4-13-24/h2-19H,1H3,(H,30,31)(H,32,33). The van der Waals surface area contributed by atoms with Gasteiger partial charge in [0.25, 0.3) is 5.91 Å². The van der Waals surface area contributed by atoms with Crippen molar-refractivity contribution in [2.45, 2.75) is 6.92 Å². The molecule has 2 N–H and O–H groups in total. The molecule has 0 aliphatic rings. The van der Waals surface area contributed by atoms with E-state index in [-0.39, 0.29) is 5.91 Å². The molecule has 5 rings (SSSR count). The normalized spacial score (nSPS) is 10.6. The van der Waals surface area contributed by atoms with Gasteiger partial charge in [-0.25, -0.2) is 0 Å². The number of benzene rings is 4. The molecule has 5 nitrogen and oxygen atoms in total. The zero-order valence-electron chi connectivity index (χ0n) is 18.7. The van der Waals surface area contributed by atoms with Crippen molar-refractivity contribution >= 4 is 33.9 Å². The molecule has 166 valence electrons. The molecule has 0 bridgehead atoms. The number of nitrogens with zero attached hydrogens (tertiary/aromatic N) is 1. The molecule has 0 atom stereocenters. The largest absolute Gasteiger partial charge is 0.457 e. The lowest BCUT2D eigenvalue weighted by Gasteiger charge is -2.12. The molecule has 1 aromatic heterocycles. The Morgan fingerprint density at radius 2 is 1.53 bits per heavy atom. The first-order valence-electron chi connectivity index (χ1n) is 11.0. The number of amides is 1. The number of para-hydroxylation sites is 2. The van der Waals surface area contributed by atoms with Gasteiger partial charge in [0.1, 0.15) is 11.5 Å². The van der Waals surface area contributed by atoms with Crippen LogP contribution in [0.1, 0.15) is 15.9 Å². The van der Waals surface area contributed by atoms with Crippen molar-refractivity contribution in [3.63, 3.8) is 0 Å². The van der Waals surface area contributed by atoms with E-state index in [2.05, 4.69) is 15.6 Å². The van der Waals surface area contributed by atoms with Gasteiger partial charge in [-0.05, 0) is 61.0 Å². The Hall–Kier alpha value is -4.64. The Kier molecular flexibility index (Phi) is 5.91. The molecule has 0 aliphatic carbocycles. The predicted molar refractivity (Wildman–Crippen MR) is 137 cm³/mol. The molecule has 0 aliphatic heterocycles. The first-order valence-corrected chi connectivity index (χ1v) is 11.0. The van der Waals surface area contributed by atoms with Crippen LogP contribution in [-0.2, 0) is 0 Å². The fourth-order valence-corrected chi connectivity index (χ4v) is 3.79. The number of carbonyl (C=O) groups is 1. The second kappa shape index (κ2) is 9.46. The van der Waals surface area contributed by atoms with Crippen LogP contribution in [0.15, 0.2) is 109 Å². The van der Waals surface area contributed by atoms with E-state index >= 15 is 0 Å². The molecule has 5 heteroatoms. The summed E-state index contributed by atoms with van der Waals surface area (Å²) >= 11 is 0. The Morgan fingerprint density at radius 3 is 2.41 bits per heavy atom. The third kappa shape index (κ3) is 4.74. The third-order valence-corrected chi connectivity index (χ3v) is 5.45. The minimum atomic E-state index is -0.198.